The van der Waals surface area contributed by atoms with Crippen LogP contribution in [-0.2, 0) is 22.7 Å². The van der Waals surface area contributed by atoms with E-state index < -0.39 is 11.4 Å². The van der Waals surface area contributed by atoms with E-state index in [9.17, 15) is 9.35 Å². The van der Waals surface area contributed by atoms with Gasteiger partial charge in [-0.3, -0.25) is 9.48 Å². The zero-order valence-corrected chi connectivity index (χ0v) is 19.6. The van der Waals surface area contributed by atoms with Gasteiger partial charge in [-0.1, -0.05) is 30.3 Å². The molecule has 1 aliphatic rings. The average molecular weight is 452 g/mol. The van der Waals surface area contributed by atoms with Crippen molar-refractivity contribution in [2.75, 3.05) is 38.1 Å². The Bertz CT molecular complexity index is 1090. The summed E-state index contributed by atoms with van der Waals surface area (Å²) in [7, 11) is 1.69. The van der Waals surface area contributed by atoms with Crippen LogP contribution in [0.1, 0.15) is 11.4 Å². The first-order chi connectivity index (χ1) is 15.5. The molecule has 0 spiro atoms. The monoisotopic (exact) mass is 451 g/mol. The van der Waals surface area contributed by atoms with Crippen LogP contribution in [-0.4, -0.2) is 58.4 Å². The normalized spacial score (nSPS) is 15.1. The minimum atomic E-state index is -1.23. The van der Waals surface area contributed by atoms with Gasteiger partial charge in [0.15, 0.2) is 4.90 Å². The van der Waals surface area contributed by atoms with Gasteiger partial charge in [-0.25, -0.2) is 0 Å². The number of para-hydroxylation sites is 1. The van der Waals surface area contributed by atoms with Crippen molar-refractivity contribution in [3.05, 3.63) is 66.0 Å². The lowest BCUT2D eigenvalue weighted by atomic mass is 10.0. The summed E-state index contributed by atoms with van der Waals surface area (Å²) >= 11 is -1.23. The van der Waals surface area contributed by atoms with Crippen LogP contribution < -0.4 is 9.62 Å². The molecule has 2 aromatic carbocycles. The Hall–Kier alpha value is -2.81. The van der Waals surface area contributed by atoms with Crippen molar-refractivity contribution < 1.29 is 9.35 Å². The molecule has 8 heteroatoms. The fraction of sp³-hybridized carbons (Fsp3) is 0.333. The molecule has 32 heavy (non-hydrogen) atoms. The smallest absolute Gasteiger partial charge is 0.244 e. The number of piperazine rings is 1. The summed E-state index contributed by atoms with van der Waals surface area (Å²) in [6, 6.07) is 18.1. The van der Waals surface area contributed by atoms with Crippen molar-refractivity contribution in [3.8, 4) is 11.1 Å². The van der Waals surface area contributed by atoms with E-state index in [2.05, 4.69) is 26.9 Å². The molecule has 0 radical (unpaired) electrons. The Morgan fingerprint density at radius 1 is 1.06 bits per heavy atom. The highest BCUT2D eigenvalue weighted by atomic mass is 32.2. The molecule has 2 heterocycles. The minimum absolute atomic E-state index is 0.103. The number of aromatic nitrogens is 2. The lowest BCUT2D eigenvalue weighted by Crippen LogP contribution is -2.49. The standard InChI is InChI=1S/C24H29N5O2S/c1-18-15-19(2)29(26-18)17-24(30)28-13-11-27(12-14-28)23-10-5-4-9-22(23)20-7-6-8-21(16-20)32(31)25-3/h4-10,15-16,25H,11-14,17H2,1-3H3. The molecule has 1 unspecified atom stereocenters. The molecular formula is C24H29N5O2S. The van der Waals surface area contributed by atoms with E-state index in [0.29, 0.717) is 13.1 Å². The Kier molecular flexibility index (Phi) is 6.83. The summed E-state index contributed by atoms with van der Waals surface area (Å²) in [6.45, 7) is 7.09. The summed E-state index contributed by atoms with van der Waals surface area (Å²) < 4.78 is 16.8. The van der Waals surface area contributed by atoms with Gasteiger partial charge in [0, 0.05) is 56.2 Å². The molecule has 0 saturated carbocycles. The number of aryl methyl sites for hydroxylation is 2. The molecule has 1 aromatic heterocycles. The number of anilines is 1. The number of carbonyl (C=O) groups excluding carboxylic acids is 1. The first-order valence-corrected chi connectivity index (χ1v) is 11.9. The Balaban J connectivity index is 1.47. The summed E-state index contributed by atoms with van der Waals surface area (Å²) in [5, 5.41) is 4.41. The molecule has 168 valence electrons. The van der Waals surface area contributed by atoms with Gasteiger partial charge in [-0.05, 0) is 37.6 Å². The predicted molar refractivity (Wildman–Crippen MR) is 128 cm³/mol. The molecule has 7 nitrogen and oxygen atoms in total. The largest absolute Gasteiger partial charge is 0.593 e. The van der Waals surface area contributed by atoms with Gasteiger partial charge in [0.2, 0.25) is 5.91 Å². The zero-order valence-electron chi connectivity index (χ0n) is 18.7. The molecule has 1 fully saturated rings. The lowest BCUT2D eigenvalue weighted by Gasteiger charge is -2.37. The van der Waals surface area contributed by atoms with Gasteiger partial charge in [-0.15, -0.1) is 4.72 Å². The van der Waals surface area contributed by atoms with E-state index >= 15 is 0 Å². The molecule has 4 rings (SSSR count). The lowest BCUT2D eigenvalue weighted by molar-refractivity contribution is -0.132. The minimum Gasteiger partial charge on any atom is -0.593 e. The van der Waals surface area contributed by atoms with Crippen LogP contribution in [0.2, 0.25) is 0 Å². The quantitative estimate of drug-likeness (QED) is 0.583. The predicted octanol–water partition coefficient (Wildman–Crippen LogP) is 2.76. The third-order valence-corrected chi connectivity index (χ3v) is 6.86. The van der Waals surface area contributed by atoms with E-state index in [4.69, 9.17) is 0 Å². The number of benzene rings is 2. The van der Waals surface area contributed by atoms with Crippen LogP contribution in [0, 0.1) is 13.8 Å². The van der Waals surface area contributed by atoms with Crippen LogP contribution >= 0.6 is 0 Å². The maximum atomic E-state index is 12.8. The summed E-state index contributed by atoms with van der Waals surface area (Å²) in [6.07, 6.45) is 0. The van der Waals surface area contributed by atoms with Crippen molar-refractivity contribution in [2.45, 2.75) is 25.3 Å². The molecule has 1 atom stereocenters. The average Bonchev–Trinajstić information content (AvgIpc) is 3.14. The molecule has 3 aromatic rings. The van der Waals surface area contributed by atoms with E-state index in [-0.39, 0.29) is 12.5 Å². The fourth-order valence-electron chi connectivity index (χ4n) is 4.15. The molecule has 1 aliphatic heterocycles. The first-order valence-electron chi connectivity index (χ1n) is 10.8. The summed E-state index contributed by atoms with van der Waals surface area (Å²) in [5.41, 5.74) is 5.20. The highest BCUT2D eigenvalue weighted by Gasteiger charge is 2.24. The maximum Gasteiger partial charge on any atom is 0.244 e. The Morgan fingerprint density at radius 3 is 2.50 bits per heavy atom. The van der Waals surface area contributed by atoms with Crippen LogP contribution in [0.25, 0.3) is 11.1 Å². The topological polar surface area (TPSA) is 76.5 Å². The summed E-state index contributed by atoms with van der Waals surface area (Å²) in [4.78, 5) is 17.8. The maximum absolute atomic E-state index is 12.8. The number of nitrogens with zero attached hydrogens (tertiary/aromatic N) is 4. The van der Waals surface area contributed by atoms with E-state index in [1.54, 1.807) is 11.7 Å². The second-order valence-corrected chi connectivity index (χ2v) is 9.39. The number of carbonyl (C=O) groups is 1. The Labute approximate surface area is 192 Å². The number of amides is 1. The SMILES string of the molecule is CN[S+]([O-])c1cccc(-c2ccccc2N2CCN(C(=O)Cn3nc(C)cc3C)CC2)c1. The number of rotatable bonds is 6. The van der Waals surface area contributed by atoms with Crippen molar-refractivity contribution in [1.29, 1.82) is 0 Å². The molecule has 0 bridgehead atoms. The van der Waals surface area contributed by atoms with E-state index in [1.807, 2.05) is 61.2 Å². The van der Waals surface area contributed by atoms with Gasteiger partial charge in [0.05, 0.1) is 17.1 Å². The van der Waals surface area contributed by atoms with Crippen molar-refractivity contribution in [2.24, 2.45) is 0 Å². The highest BCUT2D eigenvalue weighted by Crippen LogP contribution is 2.32. The molecule has 1 amide bonds. The molecular weight excluding hydrogens is 422 g/mol. The molecule has 1 N–H and O–H groups in total. The molecule has 0 aliphatic carbocycles. The van der Waals surface area contributed by atoms with Gasteiger partial charge in [0.25, 0.3) is 0 Å². The van der Waals surface area contributed by atoms with Crippen LogP contribution in [0.3, 0.4) is 0 Å². The second kappa shape index (κ2) is 9.77. The molecule has 1 saturated heterocycles. The zero-order chi connectivity index (χ0) is 22.7. The van der Waals surface area contributed by atoms with Crippen molar-refractivity contribution >= 4 is 23.0 Å². The number of hydrogen-bond donors (Lipinski definition) is 1. The first kappa shape index (κ1) is 22.4. The van der Waals surface area contributed by atoms with Crippen LogP contribution in [0.15, 0.2) is 59.5 Å². The van der Waals surface area contributed by atoms with E-state index in [0.717, 1.165) is 46.2 Å². The van der Waals surface area contributed by atoms with Crippen molar-refractivity contribution in [3.63, 3.8) is 0 Å². The third-order valence-electron chi connectivity index (χ3n) is 5.81. The summed E-state index contributed by atoms with van der Waals surface area (Å²) in [5.74, 6) is 0.103. The van der Waals surface area contributed by atoms with E-state index in [1.165, 1.54) is 0 Å². The number of hydrogen-bond acceptors (Lipinski definition) is 5. The van der Waals surface area contributed by atoms with Crippen molar-refractivity contribution in [1.82, 2.24) is 19.4 Å². The van der Waals surface area contributed by atoms with Crippen LogP contribution in [0.5, 0.6) is 0 Å². The van der Waals surface area contributed by atoms with Gasteiger partial charge >= 0.3 is 0 Å². The third kappa shape index (κ3) is 4.82. The number of nitrogens with one attached hydrogen (secondary N) is 1. The second-order valence-electron chi connectivity index (χ2n) is 7.97. The van der Waals surface area contributed by atoms with Gasteiger partial charge < -0.3 is 14.4 Å². The van der Waals surface area contributed by atoms with Gasteiger partial charge in [0.1, 0.15) is 6.54 Å². The Morgan fingerprint density at radius 2 is 1.81 bits per heavy atom. The van der Waals surface area contributed by atoms with Gasteiger partial charge in [-0.2, -0.15) is 5.10 Å². The fourth-order valence-corrected chi connectivity index (χ4v) is 4.82. The highest BCUT2D eigenvalue weighted by molar-refractivity contribution is 7.89. The van der Waals surface area contributed by atoms with Crippen LogP contribution in [0.4, 0.5) is 5.69 Å².